The molecule has 8 nitrogen and oxygen atoms in total. The maximum Gasteiger partial charge on any atom is 0.162 e. The molecule has 0 saturated carbocycles. The number of rotatable bonds is 6. The molecule has 0 spiro atoms. The summed E-state index contributed by atoms with van der Waals surface area (Å²) in [6, 6.07) is 9.68. The van der Waals surface area contributed by atoms with Crippen LogP contribution in [-0.4, -0.2) is 48.3 Å². The summed E-state index contributed by atoms with van der Waals surface area (Å²) in [6.45, 7) is 2.70. The van der Waals surface area contributed by atoms with Crippen molar-refractivity contribution in [1.29, 1.82) is 0 Å². The highest BCUT2D eigenvalue weighted by atomic mass is 16.5. The van der Waals surface area contributed by atoms with Crippen molar-refractivity contribution in [3.63, 3.8) is 0 Å². The standard InChI is InChI=1S/C18H18N6O2/c1-2-26-10-16(25)13-6-14-9-22-24(18(14)19-8-13)15-5-3-4-12(7-15)17-20-11-21-23-17/h3-9,11,16,25H,2,10H2,1H3,(H,20,21,23)/t16-/m0/s1. The Bertz CT molecular complexity index is 1010. The van der Waals surface area contributed by atoms with Gasteiger partial charge in [0.1, 0.15) is 12.4 Å². The minimum Gasteiger partial charge on any atom is -0.386 e. The Morgan fingerprint density at radius 3 is 2.96 bits per heavy atom. The highest BCUT2D eigenvalue weighted by Crippen LogP contribution is 2.23. The van der Waals surface area contributed by atoms with Crippen LogP contribution in [0.3, 0.4) is 0 Å². The molecule has 0 aliphatic heterocycles. The predicted molar refractivity (Wildman–Crippen MR) is 95.7 cm³/mol. The van der Waals surface area contributed by atoms with E-state index in [1.54, 1.807) is 17.1 Å². The second kappa shape index (κ2) is 7.03. The maximum atomic E-state index is 10.2. The van der Waals surface area contributed by atoms with Crippen LogP contribution in [0, 0.1) is 0 Å². The Labute approximate surface area is 149 Å². The van der Waals surface area contributed by atoms with Crippen molar-refractivity contribution in [1.82, 2.24) is 29.9 Å². The average Bonchev–Trinajstić information content (AvgIpc) is 3.35. The Morgan fingerprint density at radius 2 is 2.15 bits per heavy atom. The number of hydrogen-bond acceptors (Lipinski definition) is 6. The lowest BCUT2D eigenvalue weighted by atomic mass is 10.1. The van der Waals surface area contributed by atoms with Crippen LogP contribution in [0.25, 0.3) is 28.1 Å². The van der Waals surface area contributed by atoms with Crippen LogP contribution in [0.1, 0.15) is 18.6 Å². The molecule has 26 heavy (non-hydrogen) atoms. The van der Waals surface area contributed by atoms with Gasteiger partial charge in [0.25, 0.3) is 0 Å². The quantitative estimate of drug-likeness (QED) is 0.553. The van der Waals surface area contributed by atoms with Crippen LogP contribution in [0.2, 0.25) is 0 Å². The summed E-state index contributed by atoms with van der Waals surface area (Å²) in [6.07, 6.45) is 4.16. The summed E-state index contributed by atoms with van der Waals surface area (Å²) in [5, 5.41) is 22.2. The minimum atomic E-state index is -0.704. The lowest BCUT2D eigenvalue weighted by Gasteiger charge is -2.10. The molecule has 0 aliphatic rings. The third kappa shape index (κ3) is 3.07. The van der Waals surface area contributed by atoms with Crippen molar-refractivity contribution >= 4 is 11.0 Å². The SMILES string of the molecule is CCOC[C@H](O)c1cnc2c(cnn2-c2cccc(-c3ncn[nH]3)c2)c1. The van der Waals surface area contributed by atoms with Gasteiger partial charge in [-0.05, 0) is 25.1 Å². The molecule has 4 aromatic rings. The normalized spacial score (nSPS) is 12.5. The molecular formula is C18H18N6O2. The lowest BCUT2D eigenvalue weighted by molar-refractivity contribution is 0.0419. The molecule has 8 heteroatoms. The van der Waals surface area contributed by atoms with Crippen LogP contribution in [0.15, 0.2) is 49.1 Å². The molecule has 0 saturated heterocycles. The third-order valence-electron chi connectivity index (χ3n) is 4.07. The molecule has 0 radical (unpaired) electrons. The van der Waals surface area contributed by atoms with Crippen LogP contribution in [-0.2, 0) is 4.74 Å². The number of nitrogens with one attached hydrogen (secondary N) is 1. The second-order valence-corrected chi connectivity index (χ2v) is 5.80. The fourth-order valence-electron chi connectivity index (χ4n) is 2.76. The number of ether oxygens (including phenoxy) is 1. The zero-order chi connectivity index (χ0) is 17.9. The van der Waals surface area contributed by atoms with Gasteiger partial charge in [-0.15, -0.1) is 0 Å². The van der Waals surface area contributed by atoms with Gasteiger partial charge in [-0.25, -0.2) is 14.6 Å². The van der Waals surface area contributed by atoms with Gasteiger partial charge in [0, 0.05) is 29.3 Å². The lowest BCUT2D eigenvalue weighted by Crippen LogP contribution is -2.07. The van der Waals surface area contributed by atoms with Crippen LogP contribution < -0.4 is 0 Å². The largest absolute Gasteiger partial charge is 0.386 e. The summed E-state index contributed by atoms with van der Waals surface area (Å²) in [5.41, 5.74) is 3.20. The van der Waals surface area contributed by atoms with Gasteiger partial charge in [0.15, 0.2) is 11.5 Å². The van der Waals surface area contributed by atoms with Crippen LogP contribution >= 0.6 is 0 Å². The second-order valence-electron chi connectivity index (χ2n) is 5.80. The number of aliphatic hydroxyl groups is 1. The van der Waals surface area contributed by atoms with Gasteiger partial charge >= 0.3 is 0 Å². The van der Waals surface area contributed by atoms with E-state index >= 15 is 0 Å². The Kier molecular flexibility index (Phi) is 4.42. The molecule has 4 rings (SSSR count). The smallest absolute Gasteiger partial charge is 0.162 e. The Balaban J connectivity index is 1.69. The van der Waals surface area contributed by atoms with Crippen molar-refractivity contribution in [2.24, 2.45) is 0 Å². The zero-order valence-corrected chi connectivity index (χ0v) is 14.2. The molecule has 1 aromatic carbocycles. The molecule has 0 aliphatic carbocycles. The number of hydrogen-bond donors (Lipinski definition) is 2. The van der Waals surface area contributed by atoms with Gasteiger partial charge in [-0.2, -0.15) is 10.2 Å². The first-order chi connectivity index (χ1) is 12.8. The number of fused-ring (bicyclic) bond motifs is 1. The molecule has 0 unspecified atom stereocenters. The van der Waals surface area contributed by atoms with E-state index in [-0.39, 0.29) is 6.61 Å². The van der Waals surface area contributed by atoms with Crippen LogP contribution in [0.4, 0.5) is 0 Å². The highest BCUT2D eigenvalue weighted by molar-refractivity contribution is 5.77. The van der Waals surface area contributed by atoms with E-state index in [2.05, 4.69) is 25.3 Å². The Morgan fingerprint density at radius 1 is 1.23 bits per heavy atom. The van der Waals surface area contributed by atoms with Crippen molar-refractivity contribution in [2.45, 2.75) is 13.0 Å². The van der Waals surface area contributed by atoms with Crippen molar-refractivity contribution in [3.05, 3.63) is 54.6 Å². The van der Waals surface area contributed by atoms with E-state index in [9.17, 15) is 5.11 Å². The van der Waals surface area contributed by atoms with Crippen molar-refractivity contribution in [3.8, 4) is 17.1 Å². The molecule has 0 amide bonds. The predicted octanol–water partition coefficient (Wildman–Crippen LogP) is 2.28. The van der Waals surface area contributed by atoms with Gasteiger partial charge in [-0.1, -0.05) is 12.1 Å². The number of aromatic nitrogens is 6. The number of aliphatic hydroxyl groups excluding tert-OH is 1. The van der Waals surface area contributed by atoms with Gasteiger partial charge < -0.3 is 9.84 Å². The fourth-order valence-corrected chi connectivity index (χ4v) is 2.76. The molecule has 3 aromatic heterocycles. The van der Waals surface area contributed by atoms with Gasteiger partial charge in [-0.3, -0.25) is 5.10 Å². The maximum absolute atomic E-state index is 10.2. The highest BCUT2D eigenvalue weighted by Gasteiger charge is 2.13. The monoisotopic (exact) mass is 350 g/mol. The topological polar surface area (TPSA) is 102 Å². The van der Waals surface area contributed by atoms with E-state index < -0.39 is 6.10 Å². The summed E-state index contributed by atoms with van der Waals surface area (Å²) in [5.74, 6) is 0.692. The molecule has 3 heterocycles. The van der Waals surface area contributed by atoms with Gasteiger partial charge in [0.05, 0.1) is 18.5 Å². The fraction of sp³-hybridized carbons (Fsp3) is 0.222. The van der Waals surface area contributed by atoms with E-state index in [4.69, 9.17) is 4.74 Å². The zero-order valence-electron chi connectivity index (χ0n) is 14.2. The van der Waals surface area contributed by atoms with E-state index in [1.165, 1.54) is 6.33 Å². The Hall–Kier alpha value is -3.10. The van der Waals surface area contributed by atoms with Gasteiger partial charge in [0.2, 0.25) is 0 Å². The molecule has 132 valence electrons. The van der Waals surface area contributed by atoms with E-state index in [0.29, 0.717) is 23.6 Å². The first-order valence-electron chi connectivity index (χ1n) is 8.32. The van der Waals surface area contributed by atoms with E-state index in [0.717, 1.165) is 16.6 Å². The molecule has 0 bridgehead atoms. The molecule has 0 fully saturated rings. The minimum absolute atomic E-state index is 0.247. The average molecular weight is 350 g/mol. The molecular weight excluding hydrogens is 332 g/mol. The number of aromatic amines is 1. The molecule has 1 atom stereocenters. The summed E-state index contributed by atoms with van der Waals surface area (Å²) in [7, 11) is 0. The molecule has 2 N–H and O–H groups in total. The number of pyridine rings is 1. The van der Waals surface area contributed by atoms with E-state index in [1.807, 2.05) is 37.3 Å². The van der Waals surface area contributed by atoms with Crippen molar-refractivity contribution in [2.75, 3.05) is 13.2 Å². The van der Waals surface area contributed by atoms with Crippen molar-refractivity contribution < 1.29 is 9.84 Å². The summed E-state index contributed by atoms with van der Waals surface area (Å²) in [4.78, 5) is 8.66. The third-order valence-corrected chi connectivity index (χ3v) is 4.07. The summed E-state index contributed by atoms with van der Waals surface area (Å²) >= 11 is 0. The first kappa shape index (κ1) is 16.4. The number of H-pyrrole nitrogens is 1. The number of nitrogens with zero attached hydrogens (tertiary/aromatic N) is 5. The number of benzene rings is 1. The summed E-state index contributed by atoms with van der Waals surface area (Å²) < 4.78 is 7.03. The first-order valence-corrected chi connectivity index (χ1v) is 8.32. The van der Waals surface area contributed by atoms with Crippen LogP contribution in [0.5, 0.6) is 0 Å².